The molecular formula is C26H31N3O6S. The number of rotatable bonds is 9. The first-order valence-electron chi connectivity index (χ1n) is 11.6. The molecule has 0 aromatic heterocycles. The van der Waals surface area contributed by atoms with Crippen molar-refractivity contribution >= 4 is 21.9 Å². The molecule has 2 aromatic rings. The summed E-state index contributed by atoms with van der Waals surface area (Å²) < 4.78 is 37.8. The number of aryl methyl sites for hydroxylation is 1. The van der Waals surface area contributed by atoms with E-state index in [1.54, 1.807) is 55.5 Å². The van der Waals surface area contributed by atoms with E-state index in [1.807, 2.05) is 11.8 Å². The zero-order valence-corrected chi connectivity index (χ0v) is 21.5. The first kappa shape index (κ1) is 27.2. The van der Waals surface area contributed by atoms with Crippen LogP contribution < -0.4 is 10.1 Å². The number of hydrogen-bond acceptors (Lipinski definition) is 7. The molecule has 1 saturated heterocycles. The van der Waals surface area contributed by atoms with E-state index in [9.17, 15) is 18.0 Å². The summed E-state index contributed by atoms with van der Waals surface area (Å²) in [6, 6.07) is 12.6. The van der Waals surface area contributed by atoms with E-state index >= 15 is 0 Å². The van der Waals surface area contributed by atoms with Crippen molar-refractivity contribution in [3.63, 3.8) is 0 Å². The van der Waals surface area contributed by atoms with E-state index in [1.165, 1.54) is 11.4 Å². The summed E-state index contributed by atoms with van der Waals surface area (Å²) >= 11 is 0. The Kier molecular flexibility index (Phi) is 9.47. The zero-order valence-electron chi connectivity index (χ0n) is 20.7. The maximum absolute atomic E-state index is 13.0. The molecule has 1 aliphatic heterocycles. The van der Waals surface area contributed by atoms with Crippen molar-refractivity contribution in [1.82, 2.24) is 14.5 Å². The first-order valence-corrected chi connectivity index (χ1v) is 13.0. The molecule has 2 aromatic carbocycles. The number of amides is 1. The monoisotopic (exact) mass is 513 g/mol. The number of nitrogens with one attached hydrogen (secondary N) is 1. The molecule has 0 spiro atoms. The Morgan fingerprint density at radius 2 is 1.67 bits per heavy atom. The van der Waals surface area contributed by atoms with E-state index in [0.29, 0.717) is 24.4 Å². The second-order valence-electron chi connectivity index (χ2n) is 8.24. The molecule has 0 radical (unpaired) electrons. The Bertz CT molecular complexity index is 1210. The summed E-state index contributed by atoms with van der Waals surface area (Å²) in [6.45, 7) is 5.02. The molecular weight excluding hydrogens is 482 g/mol. The molecule has 3 rings (SSSR count). The third kappa shape index (κ3) is 6.85. The predicted octanol–water partition coefficient (Wildman–Crippen LogP) is 1.68. The minimum atomic E-state index is -3.62. The molecule has 36 heavy (non-hydrogen) atoms. The van der Waals surface area contributed by atoms with E-state index in [4.69, 9.17) is 9.47 Å². The van der Waals surface area contributed by atoms with Gasteiger partial charge in [-0.1, -0.05) is 23.6 Å². The zero-order chi connectivity index (χ0) is 26.1. The molecule has 1 aliphatic rings. The van der Waals surface area contributed by atoms with Gasteiger partial charge in [-0.25, -0.2) is 8.42 Å². The second-order valence-corrected chi connectivity index (χ2v) is 10.2. The summed E-state index contributed by atoms with van der Waals surface area (Å²) in [4.78, 5) is 27.2. The van der Waals surface area contributed by atoms with Gasteiger partial charge in [-0.15, -0.1) is 5.92 Å². The van der Waals surface area contributed by atoms with Crippen LogP contribution in [0.25, 0.3) is 0 Å². The van der Waals surface area contributed by atoms with E-state index < -0.39 is 22.0 Å². The van der Waals surface area contributed by atoms with Crippen LogP contribution in [0.15, 0.2) is 53.4 Å². The van der Waals surface area contributed by atoms with Gasteiger partial charge in [0.15, 0.2) is 0 Å². The van der Waals surface area contributed by atoms with Gasteiger partial charge in [0.05, 0.1) is 12.0 Å². The van der Waals surface area contributed by atoms with Gasteiger partial charge in [0.1, 0.15) is 18.4 Å². The molecule has 192 valence electrons. The first-order chi connectivity index (χ1) is 17.3. The summed E-state index contributed by atoms with van der Waals surface area (Å²) in [5, 5.41) is 2.78. The average Bonchev–Trinajstić information content (AvgIpc) is 2.89. The molecule has 1 N–H and O–H groups in total. The Morgan fingerprint density at radius 1 is 1.03 bits per heavy atom. The van der Waals surface area contributed by atoms with Crippen LogP contribution >= 0.6 is 0 Å². The second kappa shape index (κ2) is 12.5. The lowest BCUT2D eigenvalue weighted by Gasteiger charge is -2.37. The fourth-order valence-corrected chi connectivity index (χ4v) is 5.22. The number of methoxy groups -OCH3 is 1. The predicted molar refractivity (Wildman–Crippen MR) is 135 cm³/mol. The molecule has 10 heteroatoms. The third-order valence-electron chi connectivity index (χ3n) is 5.91. The number of carbonyl (C=O) groups is 2. The van der Waals surface area contributed by atoms with Crippen molar-refractivity contribution in [3.8, 4) is 17.6 Å². The lowest BCUT2D eigenvalue weighted by atomic mass is 10.1. The summed E-state index contributed by atoms with van der Waals surface area (Å²) in [7, 11) is -2.33. The smallest absolute Gasteiger partial charge is 0.324 e. The average molecular weight is 514 g/mol. The number of nitrogens with zero attached hydrogens (tertiary/aromatic N) is 2. The minimum absolute atomic E-state index is 0.0283. The number of sulfonamides is 1. The van der Waals surface area contributed by atoms with Crippen LogP contribution in [0.4, 0.5) is 0 Å². The Morgan fingerprint density at radius 3 is 2.25 bits per heavy atom. The Balaban J connectivity index is 1.59. The maximum Gasteiger partial charge on any atom is 0.324 e. The van der Waals surface area contributed by atoms with Crippen LogP contribution in [0.2, 0.25) is 0 Å². The number of esters is 1. The van der Waals surface area contributed by atoms with Gasteiger partial charge in [-0.3, -0.25) is 14.5 Å². The molecule has 1 heterocycles. The molecule has 0 aliphatic carbocycles. The minimum Gasteiger partial charge on any atom is -0.481 e. The normalized spacial score (nSPS) is 15.3. The van der Waals surface area contributed by atoms with Crippen LogP contribution in [0.3, 0.4) is 0 Å². The number of carbonyl (C=O) groups excluding carboxylic acids is 2. The van der Waals surface area contributed by atoms with Crippen LogP contribution in [-0.4, -0.2) is 82.0 Å². The molecule has 1 atom stereocenters. The molecule has 0 unspecified atom stereocenters. The largest absolute Gasteiger partial charge is 0.481 e. The van der Waals surface area contributed by atoms with Crippen LogP contribution in [-0.2, 0) is 19.6 Å². The van der Waals surface area contributed by atoms with Gasteiger partial charge in [0, 0.05) is 38.3 Å². The number of hydrogen-bond donors (Lipinski definition) is 1. The van der Waals surface area contributed by atoms with Crippen molar-refractivity contribution in [2.45, 2.75) is 24.8 Å². The van der Waals surface area contributed by atoms with E-state index in [-0.39, 0.29) is 37.0 Å². The van der Waals surface area contributed by atoms with Crippen LogP contribution in [0, 0.1) is 18.8 Å². The molecule has 1 amide bonds. The topological polar surface area (TPSA) is 105 Å². The Hall–Kier alpha value is -3.39. The van der Waals surface area contributed by atoms with Crippen LogP contribution in [0.5, 0.6) is 5.75 Å². The SMILES string of the molecule is CC#CCOc1ccc(C(=O)NC[C@@H](C(=O)OC)N2CCN(S(=O)(=O)c3ccc(C)cc3)CC2)cc1. The number of piperazine rings is 1. The highest BCUT2D eigenvalue weighted by molar-refractivity contribution is 7.89. The van der Waals surface area contributed by atoms with Crippen molar-refractivity contribution < 1.29 is 27.5 Å². The van der Waals surface area contributed by atoms with Gasteiger partial charge in [0.25, 0.3) is 5.91 Å². The van der Waals surface area contributed by atoms with Gasteiger partial charge in [0.2, 0.25) is 10.0 Å². The summed E-state index contributed by atoms with van der Waals surface area (Å²) in [5.74, 6) is 5.30. The fourth-order valence-electron chi connectivity index (χ4n) is 3.80. The third-order valence-corrected chi connectivity index (χ3v) is 7.82. The summed E-state index contributed by atoms with van der Waals surface area (Å²) in [6.07, 6.45) is 0. The standard InChI is InChI=1S/C26H31N3O6S/c1-4-5-18-35-22-10-8-21(9-11-22)25(30)27-19-24(26(31)34-3)28-14-16-29(17-15-28)36(32,33)23-12-6-20(2)7-13-23/h6-13,24H,14-19H2,1-3H3,(H,27,30)/t24-/m0/s1. The van der Waals surface area contributed by atoms with E-state index in [0.717, 1.165) is 5.56 Å². The molecule has 9 nitrogen and oxygen atoms in total. The quantitative estimate of drug-likeness (QED) is 0.402. The van der Waals surface area contributed by atoms with Crippen molar-refractivity contribution in [1.29, 1.82) is 0 Å². The van der Waals surface area contributed by atoms with E-state index in [2.05, 4.69) is 17.2 Å². The van der Waals surface area contributed by atoms with Crippen molar-refractivity contribution in [3.05, 3.63) is 59.7 Å². The highest BCUT2D eigenvalue weighted by Gasteiger charge is 2.34. The fraction of sp³-hybridized carbons (Fsp3) is 0.385. The summed E-state index contributed by atoms with van der Waals surface area (Å²) in [5.41, 5.74) is 1.40. The van der Waals surface area contributed by atoms with Crippen molar-refractivity contribution in [2.75, 3.05) is 46.4 Å². The van der Waals surface area contributed by atoms with Gasteiger partial charge in [-0.05, 0) is 50.2 Å². The molecule has 1 fully saturated rings. The van der Waals surface area contributed by atoms with Gasteiger partial charge < -0.3 is 14.8 Å². The Labute approximate surface area is 212 Å². The van der Waals surface area contributed by atoms with Crippen LogP contribution in [0.1, 0.15) is 22.8 Å². The number of ether oxygens (including phenoxy) is 2. The molecule has 0 saturated carbocycles. The van der Waals surface area contributed by atoms with Gasteiger partial charge >= 0.3 is 5.97 Å². The maximum atomic E-state index is 13.0. The lowest BCUT2D eigenvalue weighted by Crippen LogP contribution is -2.57. The highest BCUT2D eigenvalue weighted by Crippen LogP contribution is 2.19. The lowest BCUT2D eigenvalue weighted by molar-refractivity contribution is -0.147. The molecule has 0 bridgehead atoms. The van der Waals surface area contributed by atoms with Gasteiger partial charge in [-0.2, -0.15) is 4.31 Å². The number of benzene rings is 2. The highest BCUT2D eigenvalue weighted by atomic mass is 32.2. The van der Waals surface area contributed by atoms with Crippen molar-refractivity contribution in [2.24, 2.45) is 0 Å².